The van der Waals surface area contributed by atoms with Crippen molar-refractivity contribution in [2.45, 2.75) is 17.0 Å². The van der Waals surface area contributed by atoms with E-state index in [9.17, 15) is 8.42 Å². The summed E-state index contributed by atoms with van der Waals surface area (Å²) < 4.78 is 30.2. The van der Waals surface area contributed by atoms with Gasteiger partial charge in [-0.3, -0.25) is 0 Å². The van der Waals surface area contributed by atoms with Crippen LogP contribution in [0.25, 0.3) is 10.8 Å². The molecule has 4 aromatic carbocycles. The van der Waals surface area contributed by atoms with Gasteiger partial charge < -0.3 is 10.6 Å². The van der Waals surface area contributed by atoms with Gasteiger partial charge in [0.2, 0.25) is 10.0 Å². The van der Waals surface area contributed by atoms with E-state index in [-0.39, 0.29) is 4.90 Å². The summed E-state index contributed by atoms with van der Waals surface area (Å²) in [5.41, 5.74) is 9.22. The predicted octanol–water partition coefficient (Wildman–Crippen LogP) is 4.63. The Labute approximate surface area is 189 Å². The first-order chi connectivity index (χ1) is 15.4. The fraction of sp³-hybridized carbons (Fsp3) is 0.154. The smallest absolute Gasteiger partial charge is 0.241 e. The summed E-state index contributed by atoms with van der Waals surface area (Å²) >= 11 is 0. The van der Waals surface area contributed by atoms with Crippen LogP contribution >= 0.6 is 0 Å². The molecule has 0 aliphatic rings. The highest BCUT2D eigenvalue weighted by Crippen LogP contribution is 2.33. The van der Waals surface area contributed by atoms with Crippen LogP contribution in [-0.4, -0.2) is 22.5 Å². The van der Waals surface area contributed by atoms with Gasteiger partial charge in [-0.1, -0.05) is 84.9 Å². The van der Waals surface area contributed by atoms with Crippen LogP contribution in [0.1, 0.15) is 23.2 Å². The van der Waals surface area contributed by atoms with E-state index in [2.05, 4.69) is 4.72 Å². The van der Waals surface area contributed by atoms with Gasteiger partial charge in [-0.25, -0.2) is 13.1 Å². The van der Waals surface area contributed by atoms with Crippen molar-refractivity contribution in [1.29, 1.82) is 0 Å². The molecule has 6 heteroatoms. The van der Waals surface area contributed by atoms with Crippen LogP contribution in [0.4, 0.5) is 5.69 Å². The Kier molecular flexibility index (Phi) is 6.28. The Bertz CT molecular complexity index is 1310. The molecule has 0 heterocycles. The monoisotopic (exact) mass is 445 g/mol. The third-order valence-corrected chi connectivity index (χ3v) is 7.11. The lowest BCUT2D eigenvalue weighted by atomic mass is 9.95. The maximum atomic E-state index is 13.7. The summed E-state index contributed by atoms with van der Waals surface area (Å²) in [6.45, 7) is 0. The average Bonchev–Trinajstić information content (AvgIpc) is 2.82. The molecule has 164 valence electrons. The highest BCUT2D eigenvalue weighted by Gasteiger charge is 2.28. The minimum atomic E-state index is -3.88. The molecule has 0 fully saturated rings. The number of nitrogens with zero attached hydrogens (tertiary/aromatic N) is 1. The molecule has 0 radical (unpaired) electrons. The Morgan fingerprint density at radius 1 is 0.719 bits per heavy atom. The van der Waals surface area contributed by atoms with Gasteiger partial charge in [-0.2, -0.15) is 0 Å². The van der Waals surface area contributed by atoms with Crippen LogP contribution in [-0.2, 0) is 10.0 Å². The van der Waals surface area contributed by atoms with Crippen LogP contribution < -0.4 is 15.4 Å². The van der Waals surface area contributed by atoms with Gasteiger partial charge in [0.25, 0.3) is 0 Å². The number of fused-ring (bicyclic) bond motifs is 1. The molecular formula is C26H27N3O2S. The molecular weight excluding hydrogens is 418 g/mol. The van der Waals surface area contributed by atoms with Crippen molar-refractivity contribution >= 4 is 26.5 Å². The summed E-state index contributed by atoms with van der Waals surface area (Å²) in [4.78, 5) is 2.21. The second-order valence-corrected chi connectivity index (χ2v) is 9.65. The maximum absolute atomic E-state index is 13.7. The summed E-state index contributed by atoms with van der Waals surface area (Å²) in [5.74, 6) is 0. The lowest BCUT2D eigenvalue weighted by molar-refractivity contribution is 0.504. The standard InChI is InChI=1S/C26H27N3O2S/c1-29(2)23-17-9-16-22-21(23)15-10-18-24(22)32(30,31)28-26(20-13-7-4-8-14-20)25(27)19-11-5-3-6-12-19/h3-18,25-26,28H,27H2,1-2H3. The van der Waals surface area contributed by atoms with E-state index in [1.807, 2.05) is 104 Å². The zero-order chi connectivity index (χ0) is 22.7. The minimum absolute atomic E-state index is 0.236. The molecule has 4 rings (SSSR count). The molecule has 0 saturated heterocycles. The van der Waals surface area contributed by atoms with Crippen LogP contribution in [0.5, 0.6) is 0 Å². The van der Waals surface area contributed by atoms with E-state index in [1.54, 1.807) is 12.1 Å². The van der Waals surface area contributed by atoms with Gasteiger partial charge in [0.05, 0.1) is 17.0 Å². The molecule has 0 spiro atoms. The molecule has 0 saturated carbocycles. The maximum Gasteiger partial charge on any atom is 0.241 e. The molecule has 3 N–H and O–H groups in total. The lowest BCUT2D eigenvalue weighted by Gasteiger charge is -2.26. The number of anilines is 1. The number of hydrogen-bond donors (Lipinski definition) is 2. The molecule has 5 nitrogen and oxygen atoms in total. The summed E-state index contributed by atoms with van der Waals surface area (Å²) in [5, 5.41) is 1.55. The summed E-state index contributed by atoms with van der Waals surface area (Å²) in [7, 11) is 0.00770. The topological polar surface area (TPSA) is 75.4 Å². The minimum Gasteiger partial charge on any atom is -0.377 e. The van der Waals surface area contributed by atoms with Gasteiger partial charge >= 0.3 is 0 Å². The molecule has 2 unspecified atom stereocenters. The zero-order valence-corrected chi connectivity index (χ0v) is 19.0. The molecule has 0 amide bonds. The summed E-state index contributed by atoms with van der Waals surface area (Å²) in [6, 6.07) is 28.9. The predicted molar refractivity (Wildman–Crippen MR) is 131 cm³/mol. The molecule has 0 aliphatic heterocycles. The Morgan fingerprint density at radius 2 is 1.28 bits per heavy atom. The van der Waals surface area contributed by atoms with Crippen molar-refractivity contribution in [3.8, 4) is 0 Å². The average molecular weight is 446 g/mol. The highest BCUT2D eigenvalue weighted by molar-refractivity contribution is 7.89. The van der Waals surface area contributed by atoms with Crippen molar-refractivity contribution in [3.63, 3.8) is 0 Å². The number of nitrogens with two attached hydrogens (primary N) is 1. The third kappa shape index (κ3) is 4.39. The fourth-order valence-corrected chi connectivity index (χ4v) is 5.47. The lowest BCUT2D eigenvalue weighted by Crippen LogP contribution is -2.36. The molecule has 4 aromatic rings. The molecule has 0 aromatic heterocycles. The van der Waals surface area contributed by atoms with Crippen molar-refractivity contribution in [2.24, 2.45) is 5.73 Å². The first-order valence-corrected chi connectivity index (χ1v) is 11.9. The molecule has 32 heavy (non-hydrogen) atoms. The van der Waals surface area contributed by atoms with E-state index in [0.29, 0.717) is 5.39 Å². The molecule has 0 bridgehead atoms. The van der Waals surface area contributed by atoms with Crippen molar-refractivity contribution < 1.29 is 8.42 Å². The van der Waals surface area contributed by atoms with E-state index in [4.69, 9.17) is 5.73 Å². The third-order valence-electron chi connectivity index (χ3n) is 5.61. The van der Waals surface area contributed by atoms with Gasteiger partial charge in [0.1, 0.15) is 0 Å². The van der Waals surface area contributed by atoms with Crippen LogP contribution in [0.2, 0.25) is 0 Å². The first-order valence-electron chi connectivity index (χ1n) is 10.5. The van der Waals surface area contributed by atoms with Gasteiger partial charge in [-0.05, 0) is 23.3 Å². The second kappa shape index (κ2) is 9.12. The van der Waals surface area contributed by atoms with Gasteiger partial charge in [0, 0.05) is 30.6 Å². The molecule has 0 aliphatic carbocycles. The Balaban J connectivity index is 1.80. The van der Waals surface area contributed by atoms with E-state index < -0.39 is 22.1 Å². The Morgan fingerprint density at radius 3 is 1.91 bits per heavy atom. The first kappa shape index (κ1) is 22.0. The van der Waals surface area contributed by atoms with Crippen LogP contribution in [0, 0.1) is 0 Å². The van der Waals surface area contributed by atoms with E-state index >= 15 is 0 Å². The normalized spacial score (nSPS) is 13.6. The number of rotatable bonds is 7. The van der Waals surface area contributed by atoms with Crippen molar-refractivity contribution in [3.05, 3.63) is 108 Å². The Hall–Kier alpha value is -3.19. The summed E-state index contributed by atoms with van der Waals surface area (Å²) in [6.07, 6.45) is 0. The van der Waals surface area contributed by atoms with Crippen molar-refractivity contribution in [1.82, 2.24) is 4.72 Å². The van der Waals surface area contributed by atoms with Gasteiger partial charge in [0.15, 0.2) is 0 Å². The van der Waals surface area contributed by atoms with Crippen molar-refractivity contribution in [2.75, 3.05) is 19.0 Å². The van der Waals surface area contributed by atoms with Crippen LogP contribution in [0.15, 0.2) is 102 Å². The zero-order valence-electron chi connectivity index (χ0n) is 18.1. The quantitative estimate of drug-likeness (QED) is 0.435. The number of sulfonamides is 1. The fourth-order valence-electron chi connectivity index (χ4n) is 4.00. The molecule has 2 atom stereocenters. The van der Waals surface area contributed by atoms with E-state index in [0.717, 1.165) is 22.2 Å². The van der Waals surface area contributed by atoms with Crippen LogP contribution in [0.3, 0.4) is 0 Å². The number of benzene rings is 4. The second-order valence-electron chi connectivity index (χ2n) is 7.97. The number of hydrogen-bond acceptors (Lipinski definition) is 4. The highest BCUT2D eigenvalue weighted by atomic mass is 32.2. The van der Waals surface area contributed by atoms with E-state index in [1.165, 1.54) is 0 Å². The number of nitrogens with one attached hydrogen (secondary N) is 1. The SMILES string of the molecule is CN(C)c1cccc2c(S(=O)(=O)NC(c3ccccc3)C(N)c3ccccc3)cccc12. The van der Waals surface area contributed by atoms with Gasteiger partial charge in [-0.15, -0.1) is 0 Å². The largest absolute Gasteiger partial charge is 0.377 e.